The van der Waals surface area contributed by atoms with Crippen LogP contribution in [0.2, 0.25) is 0 Å². The predicted molar refractivity (Wildman–Crippen MR) is 111 cm³/mol. The van der Waals surface area contributed by atoms with Crippen molar-refractivity contribution in [2.75, 3.05) is 45.6 Å². The van der Waals surface area contributed by atoms with Crippen molar-refractivity contribution in [2.45, 2.75) is 44.7 Å². The number of aryl methyl sites for hydroxylation is 1. The molecule has 1 amide bonds. The summed E-state index contributed by atoms with van der Waals surface area (Å²) in [6.07, 6.45) is 8.18. The molecule has 1 aromatic rings. The lowest BCUT2D eigenvalue weighted by Crippen LogP contribution is -2.53. The van der Waals surface area contributed by atoms with Gasteiger partial charge in [0.15, 0.2) is 0 Å². The zero-order valence-corrected chi connectivity index (χ0v) is 18.2. The van der Waals surface area contributed by atoms with Crippen LogP contribution in [0, 0.1) is 6.92 Å². The van der Waals surface area contributed by atoms with Gasteiger partial charge in [-0.15, -0.1) is 0 Å². The van der Waals surface area contributed by atoms with E-state index in [1.807, 2.05) is 13.0 Å². The third-order valence-corrected chi connectivity index (χ3v) is 7.12. The highest BCUT2D eigenvalue weighted by Gasteiger charge is 2.32. The SMILES string of the molecule is Cc1cncc(C(=O)NCCN(C2CCOCC2)C2CCN(S(C)(=O)=O)CC2)c1. The second-order valence-electron chi connectivity index (χ2n) is 7.98. The second-order valence-corrected chi connectivity index (χ2v) is 9.96. The molecule has 0 unspecified atom stereocenters. The largest absolute Gasteiger partial charge is 0.381 e. The molecule has 1 aromatic heterocycles. The number of hydrogen-bond donors (Lipinski definition) is 1. The van der Waals surface area contributed by atoms with Crippen molar-refractivity contribution in [3.05, 3.63) is 29.6 Å². The Morgan fingerprint density at radius 3 is 2.48 bits per heavy atom. The first-order valence-electron chi connectivity index (χ1n) is 10.3. The van der Waals surface area contributed by atoms with E-state index < -0.39 is 10.0 Å². The summed E-state index contributed by atoms with van der Waals surface area (Å²) >= 11 is 0. The summed E-state index contributed by atoms with van der Waals surface area (Å²) in [7, 11) is -3.13. The van der Waals surface area contributed by atoms with Gasteiger partial charge in [-0.05, 0) is 44.2 Å². The zero-order valence-electron chi connectivity index (χ0n) is 17.3. The van der Waals surface area contributed by atoms with Gasteiger partial charge < -0.3 is 10.1 Å². The number of nitrogens with one attached hydrogen (secondary N) is 1. The maximum absolute atomic E-state index is 12.4. The number of rotatable bonds is 7. The number of hydrogen-bond acceptors (Lipinski definition) is 6. The molecule has 3 rings (SSSR count). The Bertz CT molecular complexity index is 787. The Kier molecular flexibility index (Phi) is 7.61. The Hall–Kier alpha value is -1.55. The number of carbonyl (C=O) groups excluding carboxylic acids is 1. The maximum Gasteiger partial charge on any atom is 0.252 e. The van der Waals surface area contributed by atoms with Gasteiger partial charge in [0.05, 0.1) is 11.8 Å². The van der Waals surface area contributed by atoms with Gasteiger partial charge in [-0.1, -0.05) is 0 Å². The minimum Gasteiger partial charge on any atom is -0.381 e. The van der Waals surface area contributed by atoms with Crippen molar-refractivity contribution in [3.63, 3.8) is 0 Å². The summed E-state index contributed by atoms with van der Waals surface area (Å²) < 4.78 is 30.7. The molecular weight excluding hydrogens is 392 g/mol. The zero-order chi connectivity index (χ0) is 20.9. The highest BCUT2D eigenvalue weighted by atomic mass is 32.2. The van der Waals surface area contributed by atoms with Crippen molar-refractivity contribution in [1.29, 1.82) is 0 Å². The number of amides is 1. The molecule has 0 atom stereocenters. The monoisotopic (exact) mass is 424 g/mol. The molecule has 0 spiro atoms. The molecule has 0 bridgehead atoms. The summed E-state index contributed by atoms with van der Waals surface area (Å²) in [6, 6.07) is 2.57. The van der Waals surface area contributed by atoms with Gasteiger partial charge in [0.2, 0.25) is 10.0 Å². The fourth-order valence-corrected chi connectivity index (χ4v) is 5.14. The quantitative estimate of drug-likeness (QED) is 0.703. The highest BCUT2D eigenvalue weighted by Crippen LogP contribution is 2.24. The molecule has 0 saturated carbocycles. The van der Waals surface area contributed by atoms with Crippen LogP contribution in [0.4, 0.5) is 0 Å². The Morgan fingerprint density at radius 1 is 1.21 bits per heavy atom. The minimum atomic E-state index is -3.13. The summed E-state index contributed by atoms with van der Waals surface area (Å²) in [5.41, 5.74) is 1.53. The Balaban J connectivity index is 1.58. The Labute approximate surface area is 173 Å². The minimum absolute atomic E-state index is 0.111. The van der Waals surface area contributed by atoms with E-state index in [9.17, 15) is 13.2 Å². The van der Waals surface area contributed by atoms with Crippen molar-refractivity contribution in [3.8, 4) is 0 Å². The number of pyridine rings is 1. The van der Waals surface area contributed by atoms with Crippen LogP contribution in [-0.4, -0.2) is 86.2 Å². The van der Waals surface area contributed by atoms with Crippen LogP contribution < -0.4 is 5.32 Å². The lowest BCUT2D eigenvalue weighted by atomic mass is 9.98. The second kappa shape index (κ2) is 9.97. The number of carbonyl (C=O) groups is 1. The average Bonchev–Trinajstić information content (AvgIpc) is 2.71. The van der Waals surface area contributed by atoms with Crippen molar-refractivity contribution < 1.29 is 17.9 Å². The number of aromatic nitrogens is 1. The van der Waals surface area contributed by atoms with Crippen LogP contribution in [-0.2, 0) is 14.8 Å². The van der Waals surface area contributed by atoms with Gasteiger partial charge in [-0.25, -0.2) is 12.7 Å². The smallest absolute Gasteiger partial charge is 0.252 e. The van der Waals surface area contributed by atoms with Crippen LogP contribution >= 0.6 is 0 Å². The number of ether oxygens (including phenoxy) is 1. The van der Waals surface area contributed by atoms with E-state index in [0.717, 1.165) is 51.0 Å². The van der Waals surface area contributed by atoms with Crippen molar-refractivity contribution in [2.24, 2.45) is 0 Å². The lowest BCUT2D eigenvalue weighted by molar-refractivity contribution is 0.00747. The van der Waals surface area contributed by atoms with E-state index in [-0.39, 0.29) is 5.91 Å². The fraction of sp³-hybridized carbons (Fsp3) is 0.700. The van der Waals surface area contributed by atoms with Crippen LogP contribution in [0.3, 0.4) is 0 Å². The standard InChI is InChI=1S/C20H32N4O4S/c1-16-13-17(15-21-14-16)20(25)22-7-10-24(19-5-11-28-12-6-19)18-3-8-23(9-4-18)29(2,26)27/h13-15,18-19H,3-12H2,1-2H3,(H,22,25). The molecule has 8 nitrogen and oxygen atoms in total. The van der Waals surface area contributed by atoms with Gasteiger partial charge in [0.25, 0.3) is 5.91 Å². The van der Waals surface area contributed by atoms with Gasteiger partial charge in [-0.2, -0.15) is 0 Å². The third-order valence-electron chi connectivity index (χ3n) is 5.81. The van der Waals surface area contributed by atoms with Crippen LogP contribution in [0.5, 0.6) is 0 Å². The van der Waals surface area contributed by atoms with E-state index >= 15 is 0 Å². The molecule has 1 N–H and O–H groups in total. The van der Waals surface area contributed by atoms with E-state index in [1.54, 1.807) is 16.7 Å². The summed E-state index contributed by atoms with van der Waals surface area (Å²) in [4.78, 5) is 19.0. The maximum atomic E-state index is 12.4. The van der Waals surface area contributed by atoms with Gasteiger partial charge in [0, 0.05) is 63.9 Å². The molecule has 29 heavy (non-hydrogen) atoms. The average molecular weight is 425 g/mol. The van der Waals surface area contributed by atoms with Gasteiger partial charge >= 0.3 is 0 Å². The molecule has 2 saturated heterocycles. The van der Waals surface area contributed by atoms with E-state index in [0.29, 0.717) is 37.3 Å². The normalized spacial score (nSPS) is 20.1. The van der Waals surface area contributed by atoms with E-state index in [4.69, 9.17) is 4.74 Å². The molecule has 2 aliphatic heterocycles. The summed E-state index contributed by atoms with van der Waals surface area (Å²) in [6.45, 7) is 5.85. The molecule has 0 aliphatic carbocycles. The van der Waals surface area contributed by atoms with E-state index in [1.165, 1.54) is 6.26 Å². The van der Waals surface area contributed by atoms with E-state index in [2.05, 4.69) is 15.2 Å². The highest BCUT2D eigenvalue weighted by molar-refractivity contribution is 7.88. The molecular formula is C20H32N4O4S. The molecule has 0 radical (unpaired) electrons. The van der Waals surface area contributed by atoms with Crippen molar-refractivity contribution >= 4 is 15.9 Å². The Morgan fingerprint density at radius 2 is 1.86 bits per heavy atom. The number of piperidine rings is 1. The molecule has 162 valence electrons. The molecule has 2 fully saturated rings. The van der Waals surface area contributed by atoms with Crippen LogP contribution in [0.15, 0.2) is 18.5 Å². The molecule has 0 aromatic carbocycles. The topological polar surface area (TPSA) is 91.8 Å². The van der Waals surface area contributed by atoms with Crippen LogP contribution in [0.25, 0.3) is 0 Å². The number of nitrogens with zero attached hydrogens (tertiary/aromatic N) is 3. The van der Waals surface area contributed by atoms with Gasteiger partial charge in [-0.3, -0.25) is 14.7 Å². The lowest BCUT2D eigenvalue weighted by Gasteiger charge is -2.43. The molecule has 9 heteroatoms. The third kappa shape index (κ3) is 6.21. The van der Waals surface area contributed by atoms with Crippen LogP contribution in [0.1, 0.15) is 41.6 Å². The molecule has 2 aliphatic rings. The molecule has 3 heterocycles. The summed E-state index contributed by atoms with van der Waals surface area (Å²) in [5.74, 6) is -0.111. The van der Waals surface area contributed by atoms with Gasteiger partial charge in [0.1, 0.15) is 0 Å². The fourth-order valence-electron chi connectivity index (χ4n) is 4.27. The first kappa shape index (κ1) is 22.1. The summed E-state index contributed by atoms with van der Waals surface area (Å²) in [5, 5.41) is 3.01. The van der Waals surface area contributed by atoms with Crippen molar-refractivity contribution in [1.82, 2.24) is 19.5 Å². The first-order valence-corrected chi connectivity index (χ1v) is 12.2. The number of sulfonamides is 1. The first-order chi connectivity index (χ1) is 13.8. The predicted octanol–water partition coefficient (Wildman–Crippen LogP) is 1.02.